The van der Waals surface area contributed by atoms with Crippen LogP contribution in [0.25, 0.3) is 0 Å². The highest BCUT2D eigenvalue weighted by atomic mass is 79.9. The predicted molar refractivity (Wildman–Crippen MR) is 33.4 cm³/mol. The smallest absolute Gasteiger partial charge is 0.197 e. The Morgan fingerprint density at radius 2 is 2.38 bits per heavy atom. The van der Waals surface area contributed by atoms with Crippen molar-refractivity contribution in [3.05, 3.63) is 0 Å². The minimum absolute atomic E-state index is 0.0206. The van der Waals surface area contributed by atoms with E-state index in [0.29, 0.717) is 19.3 Å². The van der Waals surface area contributed by atoms with Crippen LogP contribution in [0.1, 0.15) is 19.3 Å². The minimum Gasteiger partial charge on any atom is -0.287 e. The summed E-state index contributed by atoms with van der Waals surface area (Å²) in [7, 11) is 0. The quantitative estimate of drug-likeness (QED) is 0.484. The molecule has 0 atom stereocenters. The van der Waals surface area contributed by atoms with E-state index in [1.807, 2.05) is 6.07 Å². The van der Waals surface area contributed by atoms with Crippen LogP contribution in [-0.2, 0) is 4.79 Å². The fourth-order valence-electron chi connectivity index (χ4n) is 0.306. The van der Waals surface area contributed by atoms with Gasteiger partial charge in [-0.15, -0.1) is 0 Å². The lowest BCUT2D eigenvalue weighted by atomic mass is 10.3. The van der Waals surface area contributed by atoms with Crippen LogP contribution < -0.4 is 0 Å². The molecule has 0 heterocycles. The molecule has 0 aliphatic carbocycles. The van der Waals surface area contributed by atoms with Crippen LogP contribution in [0.15, 0.2) is 0 Å². The van der Waals surface area contributed by atoms with Crippen LogP contribution in [0.2, 0.25) is 0 Å². The molecule has 0 aromatic carbocycles. The zero-order valence-electron chi connectivity index (χ0n) is 4.35. The van der Waals surface area contributed by atoms with E-state index >= 15 is 0 Å². The van der Waals surface area contributed by atoms with Crippen molar-refractivity contribution in [3.8, 4) is 6.07 Å². The molecule has 0 rings (SSSR count). The second-order valence-corrected chi connectivity index (χ2v) is 2.25. The summed E-state index contributed by atoms with van der Waals surface area (Å²) in [4.78, 5) is 10.1. The van der Waals surface area contributed by atoms with Crippen LogP contribution in [0.5, 0.6) is 0 Å². The average Bonchev–Trinajstić information content (AvgIpc) is 1.66. The Morgan fingerprint density at radius 3 is 2.75 bits per heavy atom. The molecule has 0 aliphatic rings. The van der Waals surface area contributed by atoms with Gasteiger partial charge in [-0.3, -0.25) is 4.79 Å². The molecule has 0 amide bonds. The average molecular weight is 176 g/mol. The van der Waals surface area contributed by atoms with Gasteiger partial charge in [-0.05, 0) is 22.4 Å². The number of unbranched alkanes of at least 4 members (excludes halogenated alkanes) is 1. The Bertz CT molecular complexity index is 116. The zero-order valence-corrected chi connectivity index (χ0v) is 5.94. The van der Waals surface area contributed by atoms with Gasteiger partial charge >= 0.3 is 0 Å². The summed E-state index contributed by atoms with van der Waals surface area (Å²) in [5, 5.41) is 8.00. The van der Waals surface area contributed by atoms with E-state index in [0.717, 1.165) is 0 Å². The molecule has 0 aliphatic heterocycles. The Labute approximate surface area is 56.6 Å². The highest BCUT2D eigenvalue weighted by Gasteiger charge is 1.91. The van der Waals surface area contributed by atoms with Crippen LogP contribution in [-0.4, -0.2) is 4.69 Å². The summed E-state index contributed by atoms with van der Waals surface area (Å²) in [5.41, 5.74) is 0. The van der Waals surface area contributed by atoms with Crippen molar-refractivity contribution in [1.29, 1.82) is 5.26 Å². The number of carbonyl (C=O) groups is 1. The third-order valence-corrected chi connectivity index (χ3v) is 1.06. The Morgan fingerprint density at radius 1 is 1.75 bits per heavy atom. The number of hydrogen-bond donors (Lipinski definition) is 0. The third-order valence-electron chi connectivity index (χ3n) is 0.662. The lowest BCUT2D eigenvalue weighted by molar-refractivity contribution is -0.110. The second kappa shape index (κ2) is 4.79. The van der Waals surface area contributed by atoms with Gasteiger partial charge in [-0.25, -0.2) is 0 Å². The first kappa shape index (κ1) is 7.64. The van der Waals surface area contributed by atoms with Gasteiger partial charge < -0.3 is 0 Å². The summed E-state index contributed by atoms with van der Waals surface area (Å²) in [6.07, 6.45) is 1.60. The van der Waals surface area contributed by atoms with Crippen molar-refractivity contribution in [2.45, 2.75) is 19.3 Å². The molecule has 0 saturated carbocycles. The Hall–Kier alpha value is -0.360. The van der Waals surface area contributed by atoms with Gasteiger partial charge in [-0.2, -0.15) is 5.26 Å². The van der Waals surface area contributed by atoms with Crippen molar-refractivity contribution in [3.63, 3.8) is 0 Å². The van der Waals surface area contributed by atoms with E-state index in [1.54, 1.807) is 0 Å². The lowest BCUT2D eigenvalue weighted by Gasteiger charge is -1.83. The molecule has 0 aromatic heterocycles. The standard InChI is InChI=1S/C5H6BrNO/c6-5(8)3-1-2-4-7/h1-3H2. The van der Waals surface area contributed by atoms with Crippen molar-refractivity contribution in [1.82, 2.24) is 0 Å². The normalized spacial score (nSPS) is 8.00. The largest absolute Gasteiger partial charge is 0.287 e. The van der Waals surface area contributed by atoms with Crippen molar-refractivity contribution in [2.24, 2.45) is 0 Å². The first-order valence-electron chi connectivity index (χ1n) is 2.32. The van der Waals surface area contributed by atoms with Gasteiger partial charge in [0.25, 0.3) is 0 Å². The molecule has 0 unspecified atom stereocenters. The zero-order chi connectivity index (χ0) is 6.41. The molecule has 0 fully saturated rings. The summed E-state index contributed by atoms with van der Waals surface area (Å²) < 4.78 is -0.0206. The molecule has 0 bridgehead atoms. The maximum absolute atomic E-state index is 10.1. The summed E-state index contributed by atoms with van der Waals surface area (Å²) in [6, 6.07) is 1.95. The van der Waals surface area contributed by atoms with Crippen LogP contribution in [0.3, 0.4) is 0 Å². The highest BCUT2D eigenvalue weighted by molar-refractivity contribution is 9.18. The molecule has 44 valence electrons. The summed E-state index contributed by atoms with van der Waals surface area (Å²) in [5.74, 6) is 0. The number of nitrogens with zero attached hydrogens (tertiary/aromatic N) is 1. The van der Waals surface area contributed by atoms with Crippen LogP contribution >= 0.6 is 15.9 Å². The maximum Gasteiger partial charge on any atom is 0.197 e. The highest BCUT2D eigenvalue weighted by Crippen LogP contribution is 1.98. The monoisotopic (exact) mass is 175 g/mol. The van der Waals surface area contributed by atoms with Crippen molar-refractivity contribution >= 4 is 20.6 Å². The first-order valence-corrected chi connectivity index (χ1v) is 3.12. The predicted octanol–water partition coefficient (Wildman–Crippen LogP) is 1.60. The van der Waals surface area contributed by atoms with Crippen molar-refractivity contribution < 1.29 is 4.79 Å². The van der Waals surface area contributed by atoms with E-state index in [-0.39, 0.29) is 4.69 Å². The first-order chi connectivity index (χ1) is 3.77. The maximum atomic E-state index is 10.1. The van der Waals surface area contributed by atoms with Crippen LogP contribution in [0.4, 0.5) is 0 Å². The third kappa shape index (κ3) is 5.64. The fourth-order valence-corrected chi connectivity index (χ4v) is 0.587. The van der Waals surface area contributed by atoms with Gasteiger partial charge in [0.05, 0.1) is 6.07 Å². The Kier molecular flexibility index (Phi) is 4.58. The number of rotatable bonds is 3. The van der Waals surface area contributed by atoms with Gasteiger partial charge in [0, 0.05) is 12.8 Å². The minimum atomic E-state index is -0.0206. The summed E-state index contributed by atoms with van der Waals surface area (Å²) in [6.45, 7) is 0. The van der Waals surface area contributed by atoms with E-state index < -0.39 is 0 Å². The summed E-state index contributed by atoms with van der Waals surface area (Å²) >= 11 is 2.76. The Balaban J connectivity index is 2.97. The number of halogens is 1. The second-order valence-electron chi connectivity index (χ2n) is 1.37. The van der Waals surface area contributed by atoms with Gasteiger partial charge in [0.1, 0.15) is 0 Å². The fraction of sp³-hybridized carbons (Fsp3) is 0.600. The van der Waals surface area contributed by atoms with E-state index in [2.05, 4.69) is 15.9 Å². The molecule has 3 heteroatoms. The molecular weight excluding hydrogens is 170 g/mol. The van der Waals surface area contributed by atoms with Gasteiger partial charge in [0.15, 0.2) is 4.69 Å². The molecule has 0 spiro atoms. The molecule has 0 radical (unpaired) electrons. The molecule has 8 heavy (non-hydrogen) atoms. The molecule has 0 saturated heterocycles. The molecule has 0 N–H and O–H groups in total. The SMILES string of the molecule is N#CCCCC(=O)Br. The van der Waals surface area contributed by atoms with E-state index in [1.165, 1.54) is 0 Å². The lowest BCUT2D eigenvalue weighted by Crippen LogP contribution is -1.82. The number of nitriles is 1. The van der Waals surface area contributed by atoms with E-state index in [4.69, 9.17) is 5.26 Å². The topological polar surface area (TPSA) is 40.9 Å². The molecular formula is C5H6BrNO. The van der Waals surface area contributed by atoms with Crippen LogP contribution in [0, 0.1) is 11.3 Å². The van der Waals surface area contributed by atoms with E-state index in [9.17, 15) is 4.79 Å². The molecule has 0 aromatic rings. The molecule has 2 nitrogen and oxygen atoms in total. The van der Waals surface area contributed by atoms with Crippen molar-refractivity contribution in [2.75, 3.05) is 0 Å². The number of carbonyl (C=O) groups excluding carboxylic acids is 1. The van der Waals surface area contributed by atoms with Gasteiger partial charge in [0.2, 0.25) is 0 Å². The van der Waals surface area contributed by atoms with Gasteiger partial charge in [-0.1, -0.05) is 0 Å². The number of hydrogen-bond acceptors (Lipinski definition) is 2.